The van der Waals surface area contributed by atoms with Crippen LogP contribution in [-0.4, -0.2) is 10.1 Å². The van der Waals surface area contributed by atoms with Crippen molar-refractivity contribution in [1.29, 1.82) is 0 Å². The third kappa shape index (κ3) is 3.46. The van der Waals surface area contributed by atoms with Crippen molar-refractivity contribution in [1.82, 2.24) is 4.98 Å². The van der Waals surface area contributed by atoms with Crippen LogP contribution in [0.3, 0.4) is 0 Å². The van der Waals surface area contributed by atoms with Crippen LogP contribution in [0.4, 0.5) is 0 Å². The summed E-state index contributed by atoms with van der Waals surface area (Å²) in [6, 6.07) is 6.71. The van der Waals surface area contributed by atoms with Gasteiger partial charge in [0.1, 0.15) is 18.1 Å². The Bertz CT molecular complexity index is 465. The van der Waals surface area contributed by atoms with E-state index >= 15 is 0 Å². The maximum atomic E-state index is 9.14. The predicted molar refractivity (Wildman–Crippen MR) is 68.5 cm³/mol. The van der Waals surface area contributed by atoms with Crippen molar-refractivity contribution in [2.24, 2.45) is 0 Å². The SMILES string of the molecule is CCCc1nc(COc2ccc(O)cc2)cs1. The average Bonchev–Trinajstić information content (AvgIpc) is 2.77. The quantitative estimate of drug-likeness (QED) is 0.883. The van der Waals surface area contributed by atoms with Crippen LogP contribution in [0.15, 0.2) is 29.6 Å². The molecular weight excluding hydrogens is 234 g/mol. The Morgan fingerprint density at radius 1 is 1.29 bits per heavy atom. The molecule has 1 N–H and O–H groups in total. The number of phenolic OH excluding ortho intramolecular Hbond substituents is 1. The van der Waals surface area contributed by atoms with Gasteiger partial charge in [-0.15, -0.1) is 11.3 Å². The fourth-order valence-corrected chi connectivity index (χ4v) is 2.33. The number of aromatic hydroxyl groups is 1. The van der Waals surface area contributed by atoms with Gasteiger partial charge in [-0.3, -0.25) is 0 Å². The summed E-state index contributed by atoms with van der Waals surface area (Å²) in [5.41, 5.74) is 0.964. The fourth-order valence-electron chi connectivity index (χ4n) is 1.44. The Balaban J connectivity index is 1.90. The first kappa shape index (κ1) is 11.9. The molecule has 17 heavy (non-hydrogen) atoms. The molecular formula is C13H15NO2S. The summed E-state index contributed by atoms with van der Waals surface area (Å²) in [5.74, 6) is 0.990. The molecule has 90 valence electrons. The minimum atomic E-state index is 0.247. The zero-order valence-electron chi connectivity index (χ0n) is 9.72. The Hall–Kier alpha value is -1.55. The van der Waals surface area contributed by atoms with Crippen molar-refractivity contribution in [3.8, 4) is 11.5 Å². The Labute approximate surface area is 105 Å². The lowest BCUT2D eigenvalue weighted by atomic mass is 10.3. The summed E-state index contributed by atoms with van der Waals surface area (Å²) in [4.78, 5) is 4.48. The average molecular weight is 249 g/mol. The van der Waals surface area contributed by atoms with Gasteiger partial charge in [0.25, 0.3) is 0 Å². The molecule has 3 nitrogen and oxygen atoms in total. The normalized spacial score (nSPS) is 10.4. The second-order valence-electron chi connectivity index (χ2n) is 3.77. The van der Waals surface area contributed by atoms with Crippen LogP contribution in [0.1, 0.15) is 24.0 Å². The third-order valence-electron chi connectivity index (χ3n) is 2.29. The van der Waals surface area contributed by atoms with Crippen LogP contribution in [0, 0.1) is 0 Å². The molecule has 0 aliphatic carbocycles. The van der Waals surface area contributed by atoms with Crippen molar-refractivity contribution >= 4 is 11.3 Å². The summed E-state index contributed by atoms with van der Waals surface area (Å²) < 4.78 is 5.57. The Morgan fingerprint density at radius 2 is 2.06 bits per heavy atom. The highest BCUT2D eigenvalue weighted by Gasteiger charge is 2.02. The lowest BCUT2D eigenvalue weighted by Gasteiger charge is -2.03. The molecule has 0 unspecified atom stereocenters. The minimum absolute atomic E-state index is 0.247. The van der Waals surface area contributed by atoms with Crippen molar-refractivity contribution < 1.29 is 9.84 Å². The van der Waals surface area contributed by atoms with Gasteiger partial charge < -0.3 is 9.84 Å². The van der Waals surface area contributed by atoms with E-state index in [9.17, 15) is 0 Å². The van der Waals surface area contributed by atoms with E-state index in [1.165, 1.54) is 0 Å². The number of hydrogen-bond donors (Lipinski definition) is 1. The molecule has 0 atom stereocenters. The Kier molecular flexibility index (Phi) is 3.98. The van der Waals surface area contributed by atoms with E-state index in [1.54, 1.807) is 35.6 Å². The monoisotopic (exact) mass is 249 g/mol. The first-order valence-electron chi connectivity index (χ1n) is 5.63. The molecule has 0 saturated carbocycles. The maximum Gasteiger partial charge on any atom is 0.131 e. The number of hydrogen-bond acceptors (Lipinski definition) is 4. The number of rotatable bonds is 5. The van der Waals surface area contributed by atoms with Crippen molar-refractivity contribution in [3.63, 3.8) is 0 Å². The smallest absolute Gasteiger partial charge is 0.131 e. The van der Waals surface area contributed by atoms with Gasteiger partial charge in [0.05, 0.1) is 10.7 Å². The lowest BCUT2D eigenvalue weighted by Crippen LogP contribution is -1.96. The van der Waals surface area contributed by atoms with E-state index in [4.69, 9.17) is 9.84 Å². The highest BCUT2D eigenvalue weighted by atomic mass is 32.1. The van der Waals surface area contributed by atoms with Crippen LogP contribution in [0.5, 0.6) is 11.5 Å². The van der Waals surface area contributed by atoms with E-state index in [0.29, 0.717) is 6.61 Å². The molecule has 0 spiro atoms. The molecule has 0 amide bonds. The summed E-state index contributed by atoms with van der Waals surface area (Å²) in [5, 5.41) is 12.3. The summed E-state index contributed by atoms with van der Waals surface area (Å²) in [7, 11) is 0. The van der Waals surface area contributed by atoms with E-state index in [2.05, 4.69) is 11.9 Å². The van der Waals surface area contributed by atoms with Crippen LogP contribution in [0.25, 0.3) is 0 Å². The molecule has 1 heterocycles. The number of phenols is 1. The molecule has 2 aromatic rings. The summed E-state index contributed by atoms with van der Waals surface area (Å²) in [6.45, 7) is 2.62. The number of nitrogens with zero attached hydrogens (tertiary/aromatic N) is 1. The topological polar surface area (TPSA) is 42.4 Å². The second kappa shape index (κ2) is 5.68. The molecule has 2 rings (SSSR count). The van der Waals surface area contributed by atoms with Gasteiger partial charge in [0.2, 0.25) is 0 Å². The second-order valence-corrected chi connectivity index (χ2v) is 4.71. The molecule has 0 bridgehead atoms. The van der Waals surface area contributed by atoms with Gasteiger partial charge in [0.15, 0.2) is 0 Å². The van der Waals surface area contributed by atoms with E-state index < -0.39 is 0 Å². The third-order valence-corrected chi connectivity index (χ3v) is 3.24. The zero-order chi connectivity index (χ0) is 12.1. The number of aryl methyl sites for hydroxylation is 1. The first-order valence-corrected chi connectivity index (χ1v) is 6.51. The molecule has 4 heteroatoms. The number of thiazole rings is 1. The molecule has 0 radical (unpaired) electrons. The van der Waals surface area contributed by atoms with E-state index in [0.717, 1.165) is 29.3 Å². The summed E-state index contributed by atoms with van der Waals surface area (Å²) >= 11 is 1.68. The maximum absolute atomic E-state index is 9.14. The van der Waals surface area contributed by atoms with E-state index in [1.807, 2.05) is 5.38 Å². The van der Waals surface area contributed by atoms with Crippen molar-refractivity contribution in [2.45, 2.75) is 26.4 Å². The molecule has 1 aromatic heterocycles. The van der Waals surface area contributed by atoms with Gasteiger partial charge in [-0.05, 0) is 37.1 Å². The van der Waals surface area contributed by atoms with Crippen molar-refractivity contribution in [2.75, 3.05) is 0 Å². The zero-order valence-corrected chi connectivity index (χ0v) is 10.5. The molecule has 1 aromatic carbocycles. The van der Waals surface area contributed by atoms with Gasteiger partial charge in [0, 0.05) is 5.38 Å². The van der Waals surface area contributed by atoms with Gasteiger partial charge >= 0.3 is 0 Å². The highest BCUT2D eigenvalue weighted by Crippen LogP contribution is 2.18. The van der Waals surface area contributed by atoms with Crippen LogP contribution in [-0.2, 0) is 13.0 Å². The predicted octanol–water partition coefficient (Wildman–Crippen LogP) is 3.38. The number of ether oxygens (including phenoxy) is 1. The van der Waals surface area contributed by atoms with Crippen LogP contribution < -0.4 is 4.74 Å². The number of benzene rings is 1. The molecule has 0 aliphatic heterocycles. The lowest BCUT2D eigenvalue weighted by molar-refractivity contribution is 0.301. The van der Waals surface area contributed by atoms with Crippen molar-refractivity contribution in [3.05, 3.63) is 40.3 Å². The first-order chi connectivity index (χ1) is 8.28. The molecule has 0 aliphatic rings. The standard InChI is InChI=1S/C13H15NO2S/c1-2-3-13-14-10(9-17-13)8-16-12-6-4-11(15)5-7-12/h4-7,9,15H,2-3,8H2,1H3. The Morgan fingerprint density at radius 3 is 2.76 bits per heavy atom. The largest absolute Gasteiger partial charge is 0.508 e. The van der Waals surface area contributed by atoms with Gasteiger partial charge in [-0.2, -0.15) is 0 Å². The molecule has 0 saturated heterocycles. The number of aromatic nitrogens is 1. The van der Waals surface area contributed by atoms with Crippen LogP contribution in [0.2, 0.25) is 0 Å². The van der Waals surface area contributed by atoms with Gasteiger partial charge in [-0.25, -0.2) is 4.98 Å². The van der Waals surface area contributed by atoms with Crippen LogP contribution >= 0.6 is 11.3 Å². The molecule has 0 fully saturated rings. The van der Waals surface area contributed by atoms with E-state index in [-0.39, 0.29) is 5.75 Å². The fraction of sp³-hybridized carbons (Fsp3) is 0.308. The summed E-state index contributed by atoms with van der Waals surface area (Å²) in [6.07, 6.45) is 2.15. The minimum Gasteiger partial charge on any atom is -0.508 e. The highest BCUT2D eigenvalue weighted by molar-refractivity contribution is 7.09. The van der Waals surface area contributed by atoms with Gasteiger partial charge in [-0.1, -0.05) is 6.92 Å².